The molecule has 2 rings (SSSR count). The molecule has 1 fully saturated rings. The van der Waals surface area contributed by atoms with Gasteiger partial charge in [0, 0.05) is 11.6 Å². The molecule has 0 spiro atoms. The van der Waals surface area contributed by atoms with E-state index in [0.29, 0.717) is 25.7 Å². The highest BCUT2D eigenvalue weighted by atomic mass is 19.4. The van der Waals surface area contributed by atoms with E-state index in [1.165, 1.54) is 12.1 Å². The molecule has 116 valence electrons. The first kappa shape index (κ1) is 15.6. The van der Waals surface area contributed by atoms with Gasteiger partial charge in [-0.2, -0.15) is 0 Å². The molecule has 4 nitrogen and oxygen atoms in total. The van der Waals surface area contributed by atoms with Crippen molar-refractivity contribution in [3.05, 3.63) is 29.8 Å². The number of carbonyl (C=O) groups is 1. The molecule has 1 amide bonds. The number of ether oxygens (including phenoxy) is 1. The summed E-state index contributed by atoms with van der Waals surface area (Å²) in [6.45, 7) is 0. The minimum Gasteiger partial charge on any atom is -0.406 e. The Hall–Kier alpha value is -1.76. The van der Waals surface area contributed by atoms with Crippen LogP contribution in [0.15, 0.2) is 24.3 Å². The topological polar surface area (TPSA) is 58.6 Å². The largest absolute Gasteiger partial charge is 0.573 e. The Morgan fingerprint density at radius 1 is 1.14 bits per heavy atom. The lowest BCUT2D eigenvalue weighted by atomic mass is 9.93. The number of benzene rings is 1. The number of nitrogens with one attached hydrogen (secondary N) is 1. The van der Waals surface area contributed by atoms with Gasteiger partial charge in [-0.25, -0.2) is 0 Å². The maximum Gasteiger partial charge on any atom is 0.573 e. The number of hydrogen-bond donors (Lipinski definition) is 2. The molecule has 1 saturated carbocycles. The highest BCUT2D eigenvalue weighted by Crippen LogP contribution is 2.23. The number of carbonyl (C=O) groups excluding carboxylic acids is 1. The predicted octanol–water partition coefficient (Wildman–Crippen LogP) is 2.62. The summed E-state index contributed by atoms with van der Waals surface area (Å²) in [6, 6.07) is 4.77. The number of amides is 1. The van der Waals surface area contributed by atoms with Crippen molar-refractivity contribution in [2.75, 3.05) is 0 Å². The van der Waals surface area contributed by atoms with E-state index in [2.05, 4.69) is 10.1 Å². The zero-order valence-corrected chi connectivity index (χ0v) is 11.2. The summed E-state index contributed by atoms with van der Waals surface area (Å²) in [5.74, 6) is -0.699. The predicted molar refractivity (Wildman–Crippen MR) is 68.9 cm³/mol. The molecule has 0 radical (unpaired) electrons. The molecule has 0 aromatic heterocycles. The van der Waals surface area contributed by atoms with Crippen molar-refractivity contribution in [2.45, 2.75) is 44.2 Å². The second kappa shape index (κ2) is 6.34. The van der Waals surface area contributed by atoms with Crippen molar-refractivity contribution in [2.24, 2.45) is 0 Å². The molecule has 0 aliphatic heterocycles. The second-order valence-corrected chi connectivity index (χ2v) is 5.05. The summed E-state index contributed by atoms with van der Waals surface area (Å²) in [7, 11) is 0. The van der Waals surface area contributed by atoms with Gasteiger partial charge in [0.1, 0.15) is 5.75 Å². The van der Waals surface area contributed by atoms with Crippen LogP contribution in [-0.4, -0.2) is 29.5 Å². The van der Waals surface area contributed by atoms with Gasteiger partial charge < -0.3 is 15.2 Å². The maximum atomic E-state index is 12.0. The number of aliphatic hydroxyl groups is 1. The number of rotatable bonds is 3. The van der Waals surface area contributed by atoms with Crippen LogP contribution in [0.5, 0.6) is 5.75 Å². The summed E-state index contributed by atoms with van der Waals surface area (Å²) in [4.78, 5) is 12.0. The number of alkyl halides is 3. The summed E-state index contributed by atoms with van der Waals surface area (Å²) in [5, 5.41) is 12.2. The highest BCUT2D eigenvalue weighted by Gasteiger charge is 2.31. The van der Waals surface area contributed by atoms with Gasteiger partial charge in [0.15, 0.2) is 0 Å². The van der Waals surface area contributed by atoms with Crippen molar-refractivity contribution >= 4 is 5.91 Å². The monoisotopic (exact) mass is 303 g/mol. The van der Waals surface area contributed by atoms with Crippen molar-refractivity contribution < 1.29 is 27.8 Å². The highest BCUT2D eigenvalue weighted by molar-refractivity contribution is 5.94. The van der Waals surface area contributed by atoms with Gasteiger partial charge in [0.25, 0.3) is 5.91 Å². The van der Waals surface area contributed by atoms with Crippen LogP contribution in [0, 0.1) is 0 Å². The quantitative estimate of drug-likeness (QED) is 0.902. The van der Waals surface area contributed by atoms with Crippen LogP contribution in [0.25, 0.3) is 0 Å². The lowest BCUT2D eigenvalue weighted by Crippen LogP contribution is -2.38. The van der Waals surface area contributed by atoms with E-state index in [-0.39, 0.29) is 29.4 Å². The van der Waals surface area contributed by atoms with Gasteiger partial charge in [0.05, 0.1) is 6.10 Å². The molecule has 2 N–H and O–H groups in total. The Morgan fingerprint density at radius 3 is 2.24 bits per heavy atom. The van der Waals surface area contributed by atoms with Crippen molar-refractivity contribution in [3.8, 4) is 5.75 Å². The van der Waals surface area contributed by atoms with E-state index in [1.54, 1.807) is 0 Å². The number of hydrogen-bond acceptors (Lipinski definition) is 3. The van der Waals surface area contributed by atoms with E-state index in [9.17, 15) is 23.1 Å². The van der Waals surface area contributed by atoms with E-state index in [1.807, 2.05) is 0 Å². The lowest BCUT2D eigenvalue weighted by Gasteiger charge is -2.26. The zero-order chi connectivity index (χ0) is 15.5. The van der Waals surface area contributed by atoms with Gasteiger partial charge in [-0.1, -0.05) is 0 Å². The first-order chi connectivity index (χ1) is 9.83. The maximum absolute atomic E-state index is 12.0. The van der Waals surface area contributed by atoms with E-state index < -0.39 is 6.36 Å². The third kappa shape index (κ3) is 4.93. The molecule has 21 heavy (non-hydrogen) atoms. The minimum absolute atomic E-state index is 0.00741. The molecule has 0 unspecified atom stereocenters. The molecule has 1 aromatic rings. The summed E-state index contributed by atoms with van der Waals surface area (Å²) >= 11 is 0. The Labute approximate surface area is 119 Å². The van der Waals surface area contributed by atoms with Gasteiger partial charge in [-0.05, 0) is 49.9 Å². The SMILES string of the molecule is O=C(NC1CCC(O)CC1)c1ccc(OC(F)(F)F)cc1. The summed E-state index contributed by atoms with van der Waals surface area (Å²) in [5.41, 5.74) is 0.274. The van der Waals surface area contributed by atoms with Crippen LogP contribution in [0.4, 0.5) is 13.2 Å². The molecule has 1 aromatic carbocycles. The van der Waals surface area contributed by atoms with E-state index in [0.717, 1.165) is 12.1 Å². The van der Waals surface area contributed by atoms with Crippen LogP contribution in [0.2, 0.25) is 0 Å². The van der Waals surface area contributed by atoms with Gasteiger partial charge in [0.2, 0.25) is 0 Å². The molecule has 0 atom stereocenters. The van der Waals surface area contributed by atoms with Crippen LogP contribution < -0.4 is 10.1 Å². The fourth-order valence-electron chi connectivity index (χ4n) is 2.30. The molecule has 0 bridgehead atoms. The van der Waals surface area contributed by atoms with Crippen LogP contribution in [0.1, 0.15) is 36.0 Å². The smallest absolute Gasteiger partial charge is 0.406 e. The standard InChI is InChI=1S/C14H16F3NO3/c15-14(16,17)21-12-7-1-9(2-8-12)13(20)18-10-3-5-11(19)6-4-10/h1-2,7-8,10-11,19H,3-6H2,(H,18,20). The molecule has 7 heteroatoms. The molecule has 1 aliphatic carbocycles. The second-order valence-electron chi connectivity index (χ2n) is 5.05. The Kier molecular flexibility index (Phi) is 4.72. The van der Waals surface area contributed by atoms with Crippen LogP contribution >= 0.6 is 0 Å². The summed E-state index contributed by atoms with van der Waals surface area (Å²) < 4.78 is 39.8. The van der Waals surface area contributed by atoms with E-state index >= 15 is 0 Å². The normalized spacial score (nSPS) is 22.7. The third-order valence-electron chi connectivity index (χ3n) is 3.38. The Morgan fingerprint density at radius 2 is 1.71 bits per heavy atom. The lowest BCUT2D eigenvalue weighted by molar-refractivity contribution is -0.274. The molecule has 0 saturated heterocycles. The summed E-state index contributed by atoms with van der Waals surface area (Å²) in [6.07, 6.45) is -2.37. The van der Waals surface area contributed by atoms with Crippen molar-refractivity contribution in [1.82, 2.24) is 5.32 Å². The van der Waals surface area contributed by atoms with Crippen LogP contribution in [-0.2, 0) is 0 Å². The first-order valence-electron chi connectivity index (χ1n) is 6.68. The average Bonchev–Trinajstić information content (AvgIpc) is 2.40. The van der Waals surface area contributed by atoms with Gasteiger partial charge >= 0.3 is 6.36 Å². The average molecular weight is 303 g/mol. The minimum atomic E-state index is -4.74. The number of aliphatic hydroxyl groups excluding tert-OH is 1. The van der Waals surface area contributed by atoms with Crippen molar-refractivity contribution in [1.29, 1.82) is 0 Å². The zero-order valence-electron chi connectivity index (χ0n) is 11.2. The first-order valence-corrected chi connectivity index (χ1v) is 6.68. The Bertz CT molecular complexity index is 479. The molecular weight excluding hydrogens is 287 g/mol. The molecular formula is C14H16F3NO3. The van der Waals surface area contributed by atoms with Crippen LogP contribution in [0.3, 0.4) is 0 Å². The number of halogens is 3. The van der Waals surface area contributed by atoms with Gasteiger partial charge in [-0.3, -0.25) is 4.79 Å². The van der Waals surface area contributed by atoms with E-state index in [4.69, 9.17) is 0 Å². The Balaban J connectivity index is 1.91. The third-order valence-corrected chi connectivity index (χ3v) is 3.38. The fraction of sp³-hybridized carbons (Fsp3) is 0.500. The van der Waals surface area contributed by atoms with Gasteiger partial charge in [-0.15, -0.1) is 13.2 Å². The fourth-order valence-corrected chi connectivity index (χ4v) is 2.30. The van der Waals surface area contributed by atoms with Crippen molar-refractivity contribution in [3.63, 3.8) is 0 Å². The molecule has 0 heterocycles. The molecule has 1 aliphatic rings.